The fraction of sp³-hybridized carbons (Fsp3) is 1.00. The van der Waals surface area contributed by atoms with Gasteiger partial charge in [-0.05, 0) is 38.1 Å². The molecular weight excluding hydrogens is 160 g/mol. The lowest BCUT2D eigenvalue weighted by Gasteiger charge is -2.34. The highest BCUT2D eigenvalue weighted by Crippen LogP contribution is 2.19. The first-order valence-electron chi connectivity index (χ1n) is 5.83. The lowest BCUT2D eigenvalue weighted by Crippen LogP contribution is -2.49. The van der Waals surface area contributed by atoms with Gasteiger partial charge >= 0.3 is 0 Å². The monoisotopic (exact) mass is 182 g/mol. The summed E-state index contributed by atoms with van der Waals surface area (Å²) in [5.74, 6) is 0.862. The minimum atomic E-state index is 0.731. The molecule has 2 nitrogen and oxygen atoms in total. The minimum Gasteiger partial charge on any atom is -0.312 e. The fourth-order valence-corrected chi connectivity index (χ4v) is 2.29. The Morgan fingerprint density at radius 3 is 2.69 bits per heavy atom. The summed E-state index contributed by atoms with van der Waals surface area (Å²) < 4.78 is 0. The smallest absolute Gasteiger partial charge is 0.0218 e. The molecule has 2 fully saturated rings. The van der Waals surface area contributed by atoms with Gasteiger partial charge in [-0.2, -0.15) is 0 Å². The first-order valence-corrected chi connectivity index (χ1v) is 5.83. The predicted octanol–water partition coefficient (Wildman–Crippen LogP) is 1.52. The predicted molar refractivity (Wildman–Crippen MR) is 55.8 cm³/mol. The normalized spacial score (nSPS) is 35.8. The summed E-state index contributed by atoms with van der Waals surface area (Å²) in [5, 5.41) is 7.27. The second-order valence-electron chi connectivity index (χ2n) is 4.72. The first-order chi connectivity index (χ1) is 6.36. The molecule has 0 amide bonds. The second kappa shape index (κ2) is 4.43. The van der Waals surface area contributed by atoms with E-state index in [0.29, 0.717) is 0 Å². The minimum absolute atomic E-state index is 0.731. The molecule has 2 heteroatoms. The maximum atomic E-state index is 3.66. The molecule has 1 aliphatic carbocycles. The Bertz CT molecular complexity index is 154. The SMILES string of the molecule is CC1CCCNC1CNC1CCC1. The van der Waals surface area contributed by atoms with E-state index >= 15 is 0 Å². The van der Waals surface area contributed by atoms with Crippen LogP contribution in [0.5, 0.6) is 0 Å². The molecule has 0 aromatic rings. The van der Waals surface area contributed by atoms with Crippen molar-refractivity contribution in [1.82, 2.24) is 10.6 Å². The van der Waals surface area contributed by atoms with Gasteiger partial charge in [0.05, 0.1) is 0 Å². The molecule has 1 saturated carbocycles. The molecule has 0 aromatic heterocycles. The second-order valence-corrected chi connectivity index (χ2v) is 4.72. The highest BCUT2D eigenvalue weighted by Gasteiger charge is 2.23. The van der Waals surface area contributed by atoms with Crippen molar-refractivity contribution in [3.8, 4) is 0 Å². The Hall–Kier alpha value is -0.0800. The molecule has 0 aromatic carbocycles. The lowest BCUT2D eigenvalue weighted by atomic mass is 9.90. The van der Waals surface area contributed by atoms with E-state index in [-0.39, 0.29) is 0 Å². The largest absolute Gasteiger partial charge is 0.312 e. The summed E-state index contributed by atoms with van der Waals surface area (Å²) >= 11 is 0. The Morgan fingerprint density at radius 1 is 1.23 bits per heavy atom. The molecule has 2 unspecified atom stereocenters. The van der Waals surface area contributed by atoms with E-state index in [4.69, 9.17) is 0 Å². The van der Waals surface area contributed by atoms with Crippen molar-refractivity contribution in [3.05, 3.63) is 0 Å². The van der Waals surface area contributed by atoms with Gasteiger partial charge in [-0.3, -0.25) is 0 Å². The van der Waals surface area contributed by atoms with Crippen LogP contribution in [0.2, 0.25) is 0 Å². The fourth-order valence-electron chi connectivity index (χ4n) is 2.29. The van der Waals surface area contributed by atoms with Crippen molar-refractivity contribution in [3.63, 3.8) is 0 Å². The average Bonchev–Trinajstić information content (AvgIpc) is 2.05. The zero-order valence-electron chi connectivity index (χ0n) is 8.68. The van der Waals surface area contributed by atoms with Gasteiger partial charge in [0.25, 0.3) is 0 Å². The lowest BCUT2D eigenvalue weighted by molar-refractivity contribution is 0.258. The van der Waals surface area contributed by atoms with Gasteiger partial charge in [0.15, 0.2) is 0 Å². The molecule has 1 heterocycles. The molecule has 0 bridgehead atoms. The van der Waals surface area contributed by atoms with Crippen LogP contribution in [0.25, 0.3) is 0 Å². The van der Waals surface area contributed by atoms with E-state index in [0.717, 1.165) is 18.0 Å². The molecule has 2 aliphatic rings. The van der Waals surface area contributed by atoms with E-state index in [2.05, 4.69) is 17.6 Å². The Morgan fingerprint density at radius 2 is 2.08 bits per heavy atom. The standard InChI is InChI=1S/C11H22N2/c1-9-4-3-7-12-11(9)8-13-10-5-2-6-10/h9-13H,2-8H2,1H3. The quantitative estimate of drug-likeness (QED) is 0.691. The van der Waals surface area contributed by atoms with Crippen LogP contribution >= 0.6 is 0 Å². The number of nitrogens with one attached hydrogen (secondary N) is 2. The number of piperidine rings is 1. The first kappa shape index (κ1) is 9.47. The van der Waals surface area contributed by atoms with Gasteiger partial charge < -0.3 is 10.6 Å². The van der Waals surface area contributed by atoms with Gasteiger partial charge in [-0.15, -0.1) is 0 Å². The van der Waals surface area contributed by atoms with E-state index in [1.165, 1.54) is 45.2 Å². The topological polar surface area (TPSA) is 24.1 Å². The van der Waals surface area contributed by atoms with Crippen molar-refractivity contribution in [2.75, 3.05) is 13.1 Å². The summed E-state index contributed by atoms with van der Waals surface area (Å²) in [4.78, 5) is 0. The van der Waals surface area contributed by atoms with Gasteiger partial charge in [0.1, 0.15) is 0 Å². The van der Waals surface area contributed by atoms with E-state index in [1.807, 2.05) is 0 Å². The van der Waals surface area contributed by atoms with Gasteiger partial charge in [-0.1, -0.05) is 13.3 Å². The van der Waals surface area contributed by atoms with Crippen LogP contribution in [0.3, 0.4) is 0 Å². The molecular formula is C11H22N2. The van der Waals surface area contributed by atoms with E-state index in [1.54, 1.807) is 0 Å². The molecule has 2 N–H and O–H groups in total. The molecule has 76 valence electrons. The van der Waals surface area contributed by atoms with E-state index in [9.17, 15) is 0 Å². The number of rotatable bonds is 3. The van der Waals surface area contributed by atoms with Crippen molar-refractivity contribution >= 4 is 0 Å². The molecule has 1 saturated heterocycles. The van der Waals surface area contributed by atoms with Gasteiger partial charge in [0.2, 0.25) is 0 Å². The Kier molecular flexibility index (Phi) is 3.23. The van der Waals surface area contributed by atoms with Gasteiger partial charge in [0, 0.05) is 18.6 Å². The van der Waals surface area contributed by atoms with Crippen molar-refractivity contribution in [1.29, 1.82) is 0 Å². The summed E-state index contributed by atoms with van der Waals surface area (Å²) in [7, 11) is 0. The van der Waals surface area contributed by atoms with Crippen molar-refractivity contribution in [2.24, 2.45) is 5.92 Å². The molecule has 0 spiro atoms. The van der Waals surface area contributed by atoms with Crippen LogP contribution < -0.4 is 10.6 Å². The zero-order chi connectivity index (χ0) is 9.10. The molecule has 2 rings (SSSR count). The Balaban J connectivity index is 1.66. The van der Waals surface area contributed by atoms with Crippen LogP contribution in [0, 0.1) is 5.92 Å². The number of hydrogen-bond acceptors (Lipinski definition) is 2. The van der Waals surface area contributed by atoms with Gasteiger partial charge in [-0.25, -0.2) is 0 Å². The summed E-state index contributed by atoms with van der Waals surface area (Å²) in [5.41, 5.74) is 0. The molecule has 1 aliphatic heterocycles. The Labute approximate surface area is 81.5 Å². The summed E-state index contributed by atoms with van der Waals surface area (Å²) in [6, 6.07) is 1.57. The van der Waals surface area contributed by atoms with Crippen LogP contribution in [-0.4, -0.2) is 25.2 Å². The highest BCUT2D eigenvalue weighted by atomic mass is 15.0. The molecule has 2 atom stereocenters. The molecule has 13 heavy (non-hydrogen) atoms. The van der Waals surface area contributed by atoms with Crippen LogP contribution in [0.1, 0.15) is 39.0 Å². The van der Waals surface area contributed by atoms with Crippen LogP contribution in [0.15, 0.2) is 0 Å². The third-order valence-electron chi connectivity index (χ3n) is 3.66. The average molecular weight is 182 g/mol. The third kappa shape index (κ3) is 2.44. The van der Waals surface area contributed by atoms with Crippen molar-refractivity contribution < 1.29 is 0 Å². The zero-order valence-corrected chi connectivity index (χ0v) is 8.68. The van der Waals surface area contributed by atoms with Crippen LogP contribution in [0.4, 0.5) is 0 Å². The summed E-state index contributed by atoms with van der Waals surface area (Å²) in [6.45, 7) is 4.78. The third-order valence-corrected chi connectivity index (χ3v) is 3.66. The molecule has 0 radical (unpaired) electrons. The number of hydrogen-bond donors (Lipinski definition) is 2. The summed E-state index contributed by atoms with van der Waals surface area (Å²) in [6.07, 6.45) is 7.01. The highest BCUT2D eigenvalue weighted by molar-refractivity contribution is 4.84. The maximum absolute atomic E-state index is 3.66. The van der Waals surface area contributed by atoms with Crippen LogP contribution in [-0.2, 0) is 0 Å². The maximum Gasteiger partial charge on any atom is 0.0218 e. The van der Waals surface area contributed by atoms with E-state index < -0.39 is 0 Å². The van der Waals surface area contributed by atoms with Crippen molar-refractivity contribution in [2.45, 2.75) is 51.1 Å².